The molecule has 28 heavy (non-hydrogen) atoms. The first kappa shape index (κ1) is 21.2. The van der Waals surface area contributed by atoms with Crippen LogP contribution < -0.4 is 10.6 Å². The molecule has 6 heteroatoms. The van der Waals surface area contributed by atoms with Crippen LogP contribution in [-0.2, 0) is 15.0 Å². The van der Waals surface area contributed by atoms with Crippen LogP contribution >= 0.6 is 0 Å². The molecule has 0 aliphatic heterocycles. The summed E-state index contributed by atoms with van der Waals surface area (Å²) in [7, 11) is 1.52. The fraction of sp³-hybridized carbons (Fsp3) is 0.318. The highest BCUT2D eigenvalue weighted by atomic mass is 16.2. The number of anilines is 1. The first-order valence-electron chi connectivity index (χ1n) is 9.14. The number of hydrogen-bond donors (Lipinski definition) is 2. The quantitative estimate of drug-likeness (QED) is 0.808. The van der Waals surface area contributed by atoms with E-state index in [2.05, 4.69) is 31.4 Å². The molecular weight excluding hydrogens is 354 g/mol. The summed E-state index contributed by atoms with van der Waals surface area (Å²) in [5.41, 5.74) is 2.29. The number of carbonyl (C=O) groups excluding carboxylic acids is 3. The van der Waals surface area contributed by atoms with Gasteiger partial charge in [-0.2, -0.15) is 0 Å². The van der Waals surface area contributed by atoms with Gasteiger partial charge in [0.25, 0.3) is 5.91 Å². The number of carbonyl (C=O) groups is 3. The number of benzene rings is 2. The van der Waals surface area contributed by atoms with E-state index in [4.69, 9.17) is 0 Å². The van der Waals surface area contributed by atoms with Crippen LogP contribution in [0, 0.1) is 0 Å². The third-order valence-corrected chi connectivity index (χ3v) is 4.28. The van der Waals surface area contributed by atoms with E-state index in [0.29, 0.717) is 11.3 Å². The van der Waals surface area contributed by atoms with Gasteiger partial charge < -0.3 is 15.5 Å². The highest BCUT2D eigenvalue weighted by Gasteiger charge is 2.16. The maximum Gasteiger partial charge on any atom is 0.251 e. The maximum atomic E-state index is 12.2. The lowest BCUT2D eigenvalue weighted by molar-refractivity contribution is -0.132. The highest BCUT2D eigenvalue weighted by molar-refractivity contribution is 5.98. The SMILES string of the molecule is CN(CC(=O)Nc1ccccc1)C(=O)CNC(=O)c1ccc(C(C)(C)C)cc1. The maximum absolute atomic E-state index is 12.2. The molecule has 3 amide bonds. The molecule has 0 heterocycles. The van der Waals surface area contributed by atoms with Crippen LogP contribution in [0.15, 0.2) is 54.6 Å². The van der Waals surface area contributed by atoms with Gasteiger partial charge in [-0.3, -0.25) is 14.4 Å². The Morgan fingerprint density at radius 3 is 2.11 bits per heavy atom. The van der Waals surface area contributed by atoms with Crippen molar-refractivity contribution < 1.29 is 14.4 Å². The Hall–Kier alpha value is -3.15. The molecule has 0 aromatic heterocycles. The summed E-state index contributed by atoms with van der Waals surface area (Å²) < 4.78 is 0. The molecule has 0 fully saturated rings. The van der Waals surface area contributed by atoms with Crippen molar-refractivity contribution in [1.29, 1.82) is 0 Å². The number of nitrogens with zero attached hydrogens (tertiary/aromatic N) is 1. The first-order chi connectivity index (χ1) is 13.2. The van der Waals surface area contributed by atoms with Crippen LogP contribution in [0.2, 0.25) is 0 Å². The largest absolute Gasteiger partial charge is 0.343 e. The van der Waals surface area contributed by atoms with Crippen LogP contribution in [0.3, 0.4) is 0 Å². The van der Waals surface area contributed by atoms with E-state index in [1.165, 1.54) is 11.9 Å². The van der Waals surface area contributed by atoms with Gasteiger partial charge in [-0.1, -0.05) is 51.1 Å². The fourth-order valence-corrected chi connectivity index (χ4v) is 2.54. The zero-order valence-electron chi connectivity index (χ0n) is 16.8. The van der Waals surface area contributed by atoms with Crippen LogP contribution in [-0.4, -0.2) is 42.8 Å². The topological polar surface area (TPSA) is 78.5 Å². The summed E-state index contributed by atoms with van der Waals surface area (Å²) in [5.74, 6) is -0.968. The molecule has 6 nitrogen and oxygen atoms in total. The lowest BCUT2D eigenvalue weighted by Gasteiger charge is -2.19. The number of hydrogen-bond acceptors (Lipinski definition) is 3. The van der Waals surface area contributed by atoms with Crippen molar-refractivity contribution >= 4 is 23.4 Å². The minimum Gasteiger partial charge on any atom is -0.343 e. The molecule has 0 aliphatic carbocycles. The lowest BCUT2D eigenvalue weighted by atomic mass is 9.87. The Balaban J connectivity index is 1.82. The summed E-state index contributed by atoms with van der Waals surface area (Å²) in [6.45, 7) is 6.04. The van der Waals surface area contributed by atoms with E-state index in [1.807, 2.05) is 30.3 Å². The minimum atomic E-state index is -0.345. The smallest absolute Gasteiger partial charge is 0.251 e. The minimum absolute atomic E-state index is 0.00794. The molecule has 0 bridgehead atoms. The summed E-state index contributed by atoms with van der Waals surface area (Å²) in [6, 6.07) is 16.3. The van der Waals surface area contributed by atoms with E-state index in [-0.39, 0.29) is 36.2 Å². The van der Waals surface area contributed by atoms with Gasteiger partial charge in [0.2, 0.25) is 11.8 Å². The van der Waals surface area contributed by atoms with Gasteiger partial charge in [-0.05, 0) is 35.2 Å². The third-order valence-electron chi connectivity index (χ3n) is 4.28. The van der Waals surface area contributed by atoms with E-state index >= 15 is 0 Å². The zero-order chi connectivity index (χ0) is 20.7. The van der Waals surface area contributed by atoms with Crippen molar-refractivity contribution in [2.75, 3.05) is 25.5 Å². The molecule has 0 saturated heterocycles. The van der Waals surface area contributed by atoms with E-state index in [0.717, 1.165) is 5.56 Å². The highest BCUT2D eigenvalue weighted by Crippen LogP contribution is 2.22. The van der Waals surface area contributed by atoms with Crippen LogP contribution in [0.25, 0.3) is 0 Å². The first-order valence-corrected chi connectivity index (χ1v) is 9.14. The Kier molecular flexibility index (Phi) is 6.93. The number of likely N-dealkylation sites (N-methyl/N-ethyl adjacent to an activating group) is 1. The van der Waals surface area contributed by atoms with Gasteiger partial charge in [0.15, 0.2) is 0 Å². The van der Waals surface area contributed by atoms with E-state index in [9.17, 15) is 14.4 Å². The number of rotatable bonds is 6. The van der Waals surface area contributed by atoms with Gasteiger partial charge >= 0.3 is 0 Å². The third kappa shape index (κ3) is 6.23. The molecule has 148 valence electrons. The number of nitrogens with one attached hydrogen (secondary N) is 2. The number of para-hydroxylation sites is 1. The van der Waals surface area contributed by atoms with Crippen molar-refractivity contribution in [3.63, 3.8) is 0 Å². The Morgan fingerprint density at radius 1 is 0.929 bits per heavy atom. The molecule has 2 aromatic carbocycles. The van der Waals surface area contributed by atoms with E-state index in [1.54, 1.807) is 24.3 Å². The molecule has 0 saturated carbocycles. The molecule has 2 aromatic rings. The summed E-state index contributed by atoms with van der Waals surface area (Å²) >= 11 is 0. The van der Waals surface area contributed by atoms with Crippen molar-refractivity contribution in [2.45, 2.75) is 26.2 Å². The predicted molar refractivity (Wildman–Crippen MR) is 110 cm³/mol. The summed E-state index contributed by atoms with van der Waals surface area (Å²) in [4.78, 5) is 37.7. The lowest BCUT2D eigenvalue weighted by Crippen LogP contribution is -2.41. The zero-order valence-corrected chi connectivity index (χ0v) is 16.8. The van der Waals surface area contributed by atoms with Crippen LogP contribution in [0.1, 0.15) is 36.7 Å². The molecule has 0 atom stereocenters. The fourth-order valence-electron chi connectivity index (χ4n) is 2.54. The van der Waals surface area contributed by atoms with Gasteiger partial charge in [-0.15, -0.1) is 0 Å². The predicted octanol–water partition coefficient (Wildman–Crippen LogP) is 2.81. The average molecular weight is 381 g/mol. The molecule has 0 aliphatic rings. The molecular formula is C22H27N3O3. The standard InChI is InChI=1S/C22H27N3O3/c1-22(2,3)17-12-10-16(11-13-17)21(28)23-14-20(27)25(4)15-19(26)24-18-8-6-5-7-9-18/h5-13H,14-15H2,1-4H3,(H,23,28)(H,24,26). The van der Waals surface area contributed by atoms with Gasteiger partial charge in [0, 0.05) is 18.3 Å². The molecule has 0 radical (unpaired) electrons. The second-order valence-corrected chi connectivity index (χ2v) is 7.67. The second kappa shape index (κ2) is 9.17. The Labute approximate surface area is 165 Å². The summed E-state index contributed by atoms with van der Waals surface area (Å²) in [6.07, 6.45) is 0. The van der Waals surface area contributed by atoms with Crippen molar-refractivity contribution in [2.24, 2.45) is 0 Å². The van der Waals surface area contributed by atoms with E-state index < -0.39 is 0 Å². The van der Waals surface area contributed by atoms with Crippen molar-refractivity contribution in [3.05, 3.63) is 65.7 Å². The van der Waals surface area contributed by atoms with Gasteiger partial charge in [-0.25, -0.2) is 0 Å². The monoisotopic (exact) mass is 381 g/mol. The normalized spacial score (nSPS) is 10.9. The Bertz CT molecular complexity index is 824. The second-order valence-electron chi connectivity index (χ2n) is 7.67. The van der Waals surface area contributed by atoms with Gasteiger partial charge in [0.1, 0.15) is 0 Å². The van der Waals surface area contributed by atoms with Crippen LogP contribution in [0.5, 0.6) is 0 Å². The molecule has 0 unspecified atom stereocenters. The molecule has 0 spiro atoms. The number of amides is 3. The van der Waals surface area contributed by atoms with Crippen molar-refractivity contribution in [3.8, 4) is 0 Å². The van der Waals surface area contributed by atoms with Crippen LogP contribution in [0.4, 0.5) is 5.69 Å². The Morgan fingerprint density at radius 2 is 1.54 bits per heavy atom. The summed E-state index contributed by atoms with van der Waals surface area (Å²) in [5, 5.41) is 5.31. The molecule has 2 N–H and O–H groups in total. The van der Waals surface area contributed by atoms with Crippen molar-refractivity contribution in [1.82, 2.24) is 10.2 Å². The molecule has 2 rings (SSSR count). The average Bonchev–Trinajstić information content (AvgIpc) is 2.65. The van der Waals surface area contributed by atoms with Gasteiger partial charge in [0.05, 0.1) is 13.1 Å².